The van der Waals surface area contributed by atoms with E-state index in [4.69, 9.17) is 4.74 Å². The number of aryl methyl sites for hydroxylation is 4. The smallest absolute Gasteiger partial charge is 0.319 e. The molecule has 0 spiro atoms. The fraction of sp³-hybridized carbons (Fsp3) is 0.316. The standard InChI is InChI=1S/C19H24N2O2/c1-13-7-14(2)10-17(9-13)21-19(22)20-5-6-23-18-11-15(3)8-16(4)12-18/h7-12H,5-6H2,1-4H3,(H2,20,21,22). The van der Waals surface area contributed by atoms with Crippen LogP contribution in [0.25, 0.3) is 0 Å². The largest absolute Gasteiger partial charge is 0.492 e. The number of ether oxygens (including phenoxy) is 1. The van der Waals surface area contributed by atoms with Gasteiger partial charge < -0.3 is 15.4 Å². The van der Waals surface area contributed by atoms with Crippen LogP contribution < -0.4 is 15.4 Å². The Balaban J connectivity index is 1.76. The highest BCUT2D eigenvalue weighted by molar-refractivity contribution is 5.89. The fourth-order valence-corrected chi connectivity index (χ4v) is 2.57. The van der Waals surface area contributed by atoms with E-state index in [2.05, 4.69) is 22.8 Å². The molecule has 2 rings (SSSR count). The molecular weight excluding hydrogens is 288 g/mol. The van der Waals surface area contributed by atoms with E-state index in [0.717, 1.165) is 22.6 Å². The summed E-state index contributed by atoms with van der Waals surface area (Å²) in [6, 6.07) is 11.8. The van der Waals surface area contributed by atoms with E-state index < -0.39 is 0 Å². The molecule has 2 N–H and O–H groups in total. The van der Waals surface area contributed by atoms with Gasteiger partial charge >= 0.3 is 6.03 Å². The predicted molar refractivity (Wildman–Crippen MR) is 94.3 cm³/mol. The minimum atomic E-state index is -0.223. The predicted octanol–water partition coefficient (Wildman–Crippen LogP) is 4.12. The molecule has 23 heavy (non-hydrogen) atoms. The summed E-state index contributed by atoms with van der Waals surface area (Å²) in [5.41, 5.74) is 5.38. The van der Waals surface area contributed by atoms with Gasteiger partial charge in [-0.15, -0.1) is 0 Å². The topological polar surface area (TPSA) is 50.4 Å². The lowest BCUT2D eigenvalue weighted by Gasteiger charge is -2.11. The van der Waals surface area contributed by atoms with Gasteiger partial charge in [0.25, 0.3) is 0 Å². The molecule has 4 nitrogen and oxygen atoms in total. The van der Waals surface area contributed by atoms with Crippen molar-refractivity contribution in [3.8, 4) is 5.75 Å². The van der Waals surface area contributed by atoms with Crippen LogP contribution in [0.3, 0.4) is 0 Å². The SMILES string of the molecule is Cc1cc(C)cc(NC(=O)NCCOc2cc(C)cc(C)c2)c1. The van der Waals surface area contributed by atoms with Crippen LogP contribution in [0.5, 0.6) is 5.75 Å². The maximum atomic E-state index is 11.9. The van der Waals surface area contributed by atoms with Crippen molar-refractivity contribution >= 4 is 11.7 Å². The number of anilines is 1. The summed E-state index contributed by atoms with van der Waals surface area (Å²) in [6.07, 6.45) is 0. The molecule has 0 aliphatic rings. The first kappa shape index (κ1) is 16.9. The quantitative estimate of drug-likeness (QED) is 0.816. The third kappa shape index (κ3) is 5.66. The van der Waals surface area contributed by atoms with Crippen LogP contribution in [0.4, 0.5) is 10.5 Å². The lowest BCUT2D eigenvalue weighted by Crippen LogP contribution is -2.32. The van der Waals surface area contributed by atoms with Gasteiger partial charge in [-0.05, 0) is 74.2 Å². The maximum Gasteiger partial charge on any atom is 0.319 e. The molecule has 0 bridgehead atoms. The Labute approximate surface area is 137 Å². The van der Waals surface area contributed by atoms with Crippen LogP contribution in [-0.2, 0) is 0 Å². The number of urea groups is 1. The average molecular weight is 312 g/mol. The Morgan fingerprint density at radius 2 is 1.39 bits per heavy atom. The van der Waals surface area contributed by atoms with Gasteiger partial charge in [0.15, 0.2) is 0 Å². The minimum Gasteiger partial charge on any atom is -0.492 e. The van der Waals surface area contributed by atoms with Gasteiger partial charge in [0, 0.05) is 5.69 Å². The van der Waals surface area contributed by atoms with Crippen LogP contribution >= 0.6 is 0 Å². The Hall–Kier alpha value is -2.49. The van der Waals surface area contributed by atoms with Crippen molar-refractivity contribution in [1.82, 2.24) is 5.32 Å². The molecule has 0 atom stereocenters. The van der Waals surface area contributed by atoms with Gasteiger partial charge in [0.1, 0.15) is 12.4 Å². The van der Waals surface area contributed by atoms with E-state index in [1.54, 1.807) is 0 Å². The first-order valence-electron chi connectivity index (χ1n) is 7.76. The van der Waals surface area contributed by atoms with Gasteiger partial charge in [-0.1, -0.05) is 12.1 Å². The van der Waals surface area contributed by atoms with Crippen LogP contribution in [0.2, 0.25) is 0 Å². The van der Waals surface area contributed by atoms with Gasteiger partial charge in [0.2, 0.25) is 0 Å². The Morgan fingerprint density at radius 3 is 1.96 bits per heavy atom. The van der Waals surface area contributed by atoms with Crippen molar-refractivity contribution in [2.75, 3.05) is 18.5 Å². The lowest BCUT2D eigenvalue weighted by molar-refractivity contribution is 0.247. The van der Waals surface area contributed by atoms with Crippen molar-refractivity contribution in [1.29, 1.82) is 0 Å². The van der Waals surface area contributed by atoms with Crippen molar-refractivity contribution in [3.63, 3.8) is 0 Å². The summed E-state index contributed by atoms with van der Waals surface area (Å²) in [5, 5.41) is 5.63. The summed E-state index contributed by atoms with van der Waals surface area (Å²) in [6.45, 7) is 8.97. The molecule has 2 amide bonds. The van der Waals surface area contributed by atoms with E-state index in [-0.39, 0.29) is 6.03 Å². The molecule has 0 aliphatic heterocycles. The normalized spacial score (nSPS) is 10.3. The van der Waals surface area contributed by atoms with Crippen molar-refractivity contribution in [2.45, 2.75) is 27.7 Å². The second-order valence-corrected chi connectivity index (χ2v) is 5.93. The molecule has 2 aromatic rings. The zero-order valence-electron chi connectivity index (χ0n) is 14.2. The number of carbonyl (C=O) groups excluding carboxylic acids is 1. The van der Waals surface area contributed by atoms with Crippen molar-refractivity contribution in [2.24, 2.45) is 0 Å². The van der Waals surface area contributed by atoms with E-state index in [9.17, 15) is 4.79 Å². The van der Waals surface area contributed by atoms with E-state index in [0.29, 0.717) is 13.2 Å². The highest BCUT2D eigenvalue weighted by atomic mass is 16.5. The van der Waals surface area contributed by atoms with Crippen LogP contribution in [0.15, 0.2) is 36.4 Å². The molecule has 0 aliphatic carbocycles. The van der Waals surface area contributed by atoms with Gasteiger partial charge in [-0.2, -0.15) is 0 Å². The zero-order chi connectivity index (χ0) is 16.8. The molecule has 0 saturated heterocycles. The first-order chi connectivity index (χ1) is 10.9. The molecule has 0 heterocycles. The molecule has 0 aromatic heterocycles. The number of rotatable bonds is 5. The lowest BCUT2D eigenvalue weighted by atomic mass is 10.1. The van der Waals surface area contributed by atoms with Gasteiger partial charge in [-0.25, -0.2) is 4.79 Å². The highest BCUT2D eigenvalue weighted by Gasteiger charge is 2.03. The number of hydrogen-bond acceptors (Lipinski definition) is 2. The molecular formula is C19H24N2O2. The van der Waals surface area contributed by atoms with Gasteiger partial charge in [0.05, 0.1) is 6.54 Å². The Kier molecular flexibility index (Phi) is 5.63. The minimum absolute atomic E-state index is 0.223. The number of carbonyl (C=O) groups is 1. The summed E-state index contributed by atoms with van der Waals surface area (Å²) < 4.78 is 5.66. The monoisotopic (exact) mass is 312 g/mol. The zero-order valence-corrected chi connectivity index (χ0v) is 14.2. The summed E-state index contributed by atoms with van der Waals surface area (Å²) >= 11 is 0. The number of amides is 2. The number of hydrogen-bond donors (Lipinski definition) is 2. The average Bonchev–Trinajstić information content (AvgIpc) is 2.41. The molecule has 0 unspecified atom stereocenters. The summed E-state index contributed by atoms with van der Waals surface area (Å²) in [4.78, 5) is 11.9. The molecule has 0 saturated carbocycles. The molecule has 2 aromatic carbocycles. The summed E-state index contributed by atoms with van der Waals surface area (Å²) in [7, 11) is 0. The summed E-state index contributed by atoms with van der Waals surface area (Å²) in [5.74, 6) is 0.832. The second kappa shape index (κ2) is 7.68. The molecule has 4 heteroatoms. The number of benzene rings is 2. The van der Waals surface area contributed by atoms with E-state index in [1.807, 2.05) is 52.0 Å². The number of nitrogens with one attached hydrogen (secondary N) is 2. The van der Waals surface area contributed by atoms with E-state index in [1.165, 1.54) is 11.1 Å². The highest BCUT2D eigenvalue weighted by Crippen LogP contribution is 2.16. The van der Waals surface area contributed by atoms with Crippen LogP contribution in [0, 0.1) is 27.7 Å². The second-order valence-electron chi connectivity index (χ2n) is 5.93. The Bertz CT molecular complexity index is 655. The third-order valence-corrected chi connectivity index (χ3v) is 3.33. The van der Waals surface area contributed by atoms with Crippen molar-refractivity contribution in [3.05, 3.63) is 58.7 Å². The van der Waals surface area contributed by atoms with Crippen LogP contribution in [-0.4, -0.2) is 19.2 Å². The van der Waals surface area contributed by atoms with E-state index >= 15 is 0 Å². The van der Waals surface area contributed by atoms with Crippen LogP contribution in [0.1, 0.15) is 22.3 Å². The molecule has 0 radical (unpaired) electrons. The fourth-order valence-electron chi connectivity index (χ4n) is 2.57. The maximum absolute atomic E-state index is 11.9. The molecule has 122 valence electrons. The van der Waals surface area contributed by atoms with Gasteiger partial charge in [-0.3, -0.25) is 0 Å². The van der Waals surface area contributed by atoms with Crippen molar-refractivity contribution < 1.29 is 9.53 Å². The molecule has 0 fully saturated rings. The Morgan fingerprint density at radius 1 is 0.870 bits per heavy atom. The first-order valence-corrected chi connectivity index (χ1v) is 7.76. The third-order valence-electron chi connectivity index (χ3n) is 3.33.